The fourth-order valence-corrected chi connectivity index (χ4v) is 2.62. The van der Waals surface area contributed by atoms with E-state index in [2.05, 4.69) is 29.3 Å². The van der Waals surface area contributed by atoms with E-state index in [0.29, 0.717) is 5.69 Å². The maximum Gasteiger partial charge on any atom is 1.00 e. The molecule has 0 heterocycles. The average molecular weight is 360 g/mol. The molecule has 5 heteroatoms. The first-order valence-electron chi connectivity index (χ1n) is 9.01. The molecule has 2 aromatic carbocycles. The first kappa shape index (κ1) is 22.6. The SMILES string of the molecule is CCCCCCCCc1ccc(N=Nc2ccc(C(=O)[O-])cc2)cc1.[Na+]. The zero-order valence-corrected chi connectivity index (χ0v) is 17.8. The number of aryl methyl sites for hydroxylation is 1. The number of carboxylic acids is 1. The molecule has 0 saturated carbocycles. The molecule has 0 aromatic heterocycles. The molecule has 0 bridgehead atoms. The number of rotatable bonds is 10. The summed E-state index contributed by atoms with van der Waals surface area (Å²) >= 11 is 0. The number of unbranched alkanes of at least 4 members (excludes halogenated alkanes) is 5. The maximum atomic E-state index is 10.7. The van der Waals surface area contributed by atoms with E-state index < -0.39 is 5.97 Å². The van der Waals surface area contributed by atoms with Gasteiger partial charge in [-0.3, -0.25) is 0 Å². The average Bonchev–Trinajstić information content (AvgIpc) is 2.64. The van der Waals surface area contributed by atoms with Crippen molar-refractivity contribution in [3.63, 3.8) is 0 Å². The van der Waals surface area contributed by atoms with Gasteiger partial charge < -0.3 is 9.90 Å². The van der Waals surface area contributed by atoms with Gasteiger partial charge in [0, 0.05) is 0 Å². The topological polar surface area (TPSA) is 64.8 Å². The Bertz CT molecular complexity index is 682. The van der Waals surface area contributed by atoms with Crippen molar-refractivity contribution in [3.8, 4) is 0 Å². The number of nitrogens with zero attached hydrogens (tertiary/aromatic N) is 2. The van der Waals surface area contributed by atoms with Gasteiger partial charge in [0.05, 0.1) is 17.3 Å². The van der Waals surface area contributed by atoms with Crippen molar-refractivity contribution in [1.29, 1.82) is 0 Å². The Morgan fingerprint density at radius 1 is 0.808 bits per heavy atom. The van der Waals surface area contributed by atoms with Crippen LogP contribution in [0.25, 0.3) is 0 Å². The van der Waals surface area contributed by atoms with Crippen LogP contribution in [0.5, 0.6) is 0 Å². The van der Waals surface area contributed by atoms with E-state index in [4.69, 9.17) is 0 Å². The molecule has 2 rings (SSSR count). The number of aromatic carboxylic acids is 1. The van der Waals surface area contributed by atoms with Crippen LogP contribution in [0.4, 0.5) is 11.4 Å². The third-order valence-corrected chi connectivity index (χ3v) is 4.14. The van der Waals surface area contributed by atoms with Crippen LogP contribution >= 0.6 is 0 Å². The largest absolute Gasteiger partial charge is 1.00 e. The standard InChI is InChI=1S/C21H26N2O2.Na/c1-2-3-4-5-6-7-8-17-9-13-19(14-10-17)22-23-20-15-11-18(12-16-20)21(24)25;/h9-16H,2-8H2,1H3,(H,24,25);/q;+1/p-1. The van der Waals surface area contributed by atoms with Crippen molar-refractivity contribution >= 4 is 17.3 Å². The Hall–Kier alpha value is -1.49. The predicted molar refractivity (Wildman–Crippen MR) is 98.5 cm³/mol. The van der Waals surface area contributed by atoms with Gasteiger partial charge in [-0.05, 0) is 48.2 Å². The number of carboxylic acid groups (broad SMARTS) is 1. The molecule has 26 heavy (non-hydrogen) atoms. The van der Waals surface area contributed by atoms with Crippen LogP contribution in [0.15, 0.2) is 58.8 Å². The van der Waals surface area contributed by atoms with Gasteiger partial charge in [-0.2, -0.15) is 10.2 Å². The summed E-state index contributed by atoms with van der Waals surface area (Å²) in [4.78, 5) is 10.7. The van der Waals surface area contributed by atoms with Crippen LogP contribution in [0, 0.1) is 0 Å². The summed E-state index contributed by atoms with van der Waals surface area (Å²) in [6.45, 7) is 2.24. The minimum atomic E-state index is -1.19. The number of carbonyl (C=O) groups excluding carboxylic acids is 1. The van der Waals surface area contributed by atoms with Gasteiger partial charge in [0.1, 0.15) is 0 Å². The zero-order chi connectivity index (χ0) is 17.9. The van der Waals surface area contributed by atoms with Crippen LogP contribution in [-0.2, 0) is 6.42 Å². The number of benzene rings is 2. The first-order chi connectivity index (χ1) is 12.2. The molecular weight excluding hydrogens is 335 g/mol. The quantitative estimate of drug-likeness (QED) is 0.371. The summed E-state index contributed by atoms with van der Waals surface area (Å²) in [7, 11) is 0. The molecule has 2 aromatic rings. The van der Waals surface area contributed by atoms with Crippen LogP contribution < -0.4 is 34.7 Å². The summed E-state index contributed by atoms with van der Waals surface area (Å²) < 4.78 is 0. The third-order valence-electron chi connectivity index (χ3n) is 4.14. The summed E-state index contributed by atoms with van der Waals surface area (Å²) in [5.41, 5.74) is 2.86. The minimum Gasteiger partial charge on any atom is -0.545 e. The minimum absolute atomic E-state index is 0. The molecule has 4 nitrogen and oxygen atoms in total. The molecule has 132 valence electrons. The summed E-state index contributed by atoms with van der Waals surface area (Å²) in [5, 5.41) is 19.0. The van der Waals surface area contributed by atoms with Crippen LogP contribution in [0.2, 0.25) is 0 Å². The molecule has 0 radical (unpaired) electrons. The third kappa shape index (κ3) is 8.26. The summed E-state index contributed by atoms with van der Waals surface area (Å²) in [5.74, 6) is -1.19. The molecule has 0 N–H and O–H groups in total. The Kier molecular flexibility index (Phi) is 11.1. The molecule has 0 saturated heterocycles. The van der Waals surface area contributed by atoms with Crippen molar-refractivity contribution in [2.75, 3.05) is 0 Å². The molecule has 0 aliphatic heterocycles. The Morgan fingerprint density at radius 2 is 1.31 bits per heavy atom. The second-order valence-corrected chi connectivity index (χ2v) is 6.22. The van der Waals surface area contributed by atoms with Crippen molar-refractivity contribution in [2.24, 2.45) is 10.2 Å². The van der Waals surface area contributed by atoms with Crippen LogP contribution in [0.3, 0.4) is 0 Å². The maximum absolute atomic E-state index is 10.7. The Labute approximate surface area is 178 Å². The molecular formula is C21H25N2NaO2. The molecule has 0 spiro atoms. The van der Waals surface area contributed by atoms with Gasteiger partial charge in [0.15, 0.2) is 0 Å². The van der Waals surface area contributed by atoms with Crippen molar-refractivity contribution in [3.05, 3.63) is 59.7 Å². The fourth-order valence-electron chi connectivity index (χ4n) is 2.62. The second-order valence-electron chi connectivity index (χ2n) is 6.22. The normalized spacial score (nSPS) is 10.7. The van der Waals surface area contributed by atoms with E-state index in [-0.39, 0.29) is 35.1 Å². The van der Waals surface area contributed by atoms with Gasteiger partial charge in [-0.25, -0.2) is 0 Å². The molecule has 0 fully saturated rings. The van der Waals surface area contributed by atoms with Gasteiger partial charge in [-0.1, -0.05) is 63.3 Å². The van der Waals surface area contributed by atoms with E-state index >= 15 is 0 Å². The van der Waals surface area contributed by atoms with Crippen LogP contribution in [0.1, 0.15) is 61.4 Å². The van der Waals surface area contributed by atoms with Crippen molar-refractivity contribution < 1.29 is 39.5 Å². The second kappa shape index (κ2) is 12.8. The van der Waals surface area contributed by atoms with Gasteiger partial charge in [0.2, 0.25) is 0 Å². The molecule has 0 unspecified atom stereocenters. The molecule has 0 amide bonds. The zero-order valence-electron chi connectivity index (χ0n) is 15.8. The molecule has 0 aliphatic rings. The summed E-state index contributed by atoms with van der Waals surface area (Å²) in [6, 6.07) is 14.3. The number of hydrogen-bond donors (Lipinski definition) is 0. The van der Waals surface area contributed by atoms with E-state index in [0.717, 1.165) is 12.1 Å². The smallest absolute Gasteiger partial charge is 0.545 e. The number of azo groups is 1. The van der Waals surface area contributed by atoms with E-state index in [1.54, 1.807) is 12.1 Å². The van der Waals surface area contributed by atoms with E-state index in [9.17, 15) is 9.90 Å². The van der Waals surface area contributed by atoms with E-state index in [1.807, 2.05) is 12.1 Å². The van der Waals surface area contributed by atoms with Crippen LogP contribution in [-0.4, -0.2) is 5.97 Å². The van der Waals surface area contributed by atoms with Crippen molar-refractivity contribution in [2.45, 2.75) is 51.9 Å². The van der Waals surface area contributed by atoms with E-state index in [1.165, 1.54) is 56.2 Å². The first-order valence-corrected chi connectivity index (χ1v) is 9.01. The number of carbonyl (C=O) groups is 1. The van der Waals surface area contributed by atoms with Gasteiger partial charge in [0.25, 0.3) is 0 Å². The molecule has 0 atom stereocenters. The van der Waals surface area contributed by atoms with Gasteiger partial charge >= 0.3 is 29.6 Å². The summed E-state index contributed by atoms with van der Waals surface area (Å²) in [6.07, 6.45) is 8.94. The van der Waals surface area contributed by atoms with Crippen molar-refractivity contribution in [1.82, 2.24) is 0 Å². The molecule has 0 aliphatic carbocycles. The Balaban J connectivity index is 0.00000338. The number of hydrogen-bond acceptors (Lipinski definition) is 4. The predicted octanol–water partition coefficient (Wildman–Crippen LogP) is 2.37. The monoisotopic (exact) mass is 360 g/mol. The van der Waals surface area contributed by atoms with Gasteiger partial charge in [-0.15, -0.1) is 0 Å². The Morgan fingerprint density at radius 3 is 1.85 bits per heavy atom. The fraction of sp³-hybridized carbons (Fsp3) is 0.381.